The van der Waals surface area contributed by atoms with Crippen LogP contribution in [-0.4, -0.2) is 12.0 Å². The van der Waals surface area contributed by atoms with E-state index >= 15 is 0 Å². The molecule has 0 unspecified atom stereocenters. The summed E-state index contributed by atoms with van der Waals surface area (Å²) in [5.74, 6) is -0.517. The van der Waals surface area contributed by atoms with Crippen molar-refractivity contribution in [2.75, 3.05) is 0 Å². The number of rotatable bonds is 4. The van der Waals surface area contributed by atoms with E-state index in [1.54, 1.807) is 0 Å². The number of nitrogens with zero attached hydrogens (tertiary/aromatic N) is 3. The lowest BCUT2D eigenvalue weighted by molar-refractivity contribution is -0.146. The van der Waals surface area contributed by atoms with Crippen LogP contribution in [0, 0.1) is 0 Å². The third kappa shape index (κ3) is 3.70. The van der Waals surface area contributed by atoms with Crippen LogP contribution in [0.25, 0.3) is 10.4 Å². The third-order valence-corrected chi connectivity index (χ3v) is 1.79. The van der Waals surface area contributed by atoms with Gasteiger partial charge in [-0.15, -0.1) is 0 Å². The number of hydrogen-bond acceptors (Lipinski definition) is 3. The molecule has 1 aromatic rings. The van der Waals surface area contributed by atoms with E-state index in [9.17, 15) is 4.79 Å². The van der Waals surface area contributed by atoms with Crippen molar-refractivity contribution >= 4 is 5.97 Å². The second-order valence-corrected chi connectivity index (χ2v) is 2.97. The molecular weight excluding hydrogens is 194 g/mol. The average molecular weight is 205 g/mol. The molecule has 0 saturated carbocycles. The Hall–Kier alpha value is -2.00. The molecule has 1 atom stereocenters. The molecule has 1 rings (SSSR count). The van der Waals surface area contributed by atoms with Crippen molar-refractivity contribution in [3.8, 4) is 0 Å². The fourth-order valence-corrected chi connectivity index (χ4v) is 0.974. The molecule has 5 nitrogen and oxygen atoms in total. The Labute approximate surface area is 87.3 Å². The Balaban J connectivity index is 2.44. The largest absolute Gasteiger partial charge is 0.461 e. The van der Waals surface area contributed by atoms with Crippen LogP contribution in [0.15, 0.2) is 35.4 Å². The van der Waals surface area contributed by atoms with E-state index in [4.69, 9.17) is 10.3 Å². The summed E-state index contributed by atoms with van der Waals surface area (Å²) in [6.07, 6.45) is 0. The van der Waals surface area contributed by atoms with E-state index < -0.39 is 12.0 Å². The second-order valence-electron chi connectivity index (χ2n) is 2.97. The highest BCUT2D eigenvalue weighted by molar-refractivity contribution is 5.75. The van der Waals surface area contributed by atoms with Gasteiger partial charge >= 0.3 is 5.97 Å². The molecule has 0 bridgehead atoms. The lowest BCUT2D eigenvalue weighted by atomic mass is 10.2. The van der Waals surface area contributed by atoms with Crippen molar-refractivity contribution in [2.45, 2.75) is 19.6 Å². The zero-order chi connectivity index (χ0) is 11.1. The number of hydrogen-bond donors (Lipinski definition) is 0. The van der Waals surface area contributed by atoms with Crippen molar-refractivity contribution in [3.05, 3.63) is 46.3 Å². The van der Waals surface area contributed by atoms with Gasteiger partial charge < -0.3 is 4.74 Å². The summed E-state index contributed by atoms with van der Waals surface area (Å²) in [4.78, 5) is 13.8. The van der Waals surface area contributed by atoms with Crippen LogP contribution >= 0.6 is 0 Å². The quantitative estimate of drug-likeness (QED) is 0.327. The Kier molecular flexibility index (Phi) is 4.19. The molecule has 78 valence electrons. The Bertz CT molecular complexity index is 372. The van der Waals surface area contributed by atoms with Gasteiger partial charge in [0.1, 0.15) is 12.6 Å². The fraction of sp³-hybridized carbons (Fsp3) is 0.300. The van der Waals surface area contributed by atoms with Gasteiger partial charge in [0.05, 0.1) is 0 Å². The Morgan fingerprint density at radius 2 is 2.20 bits per heavy atom. The highest BCUT2D eigenvalue weighted by Crippen LogP contribution is 2.03. The maximum atomic E-state index is 11.2. The first-order chi connectivity index (χ1) is 7.24. The molecule has 0 saturated heterocycles. The minimum absolute atomic E-state index is 0.199. The topological polar surface area (TPSA) is 75.1 Å². The van der Waals surface area contributed by atoms with Crippen molar-refractivity contribution < 1.29 is 9.53 Å². The number of esters is 1. The van der Waals surface area contributed by atoms with Gasteiger partial charge in [0.15, 0.2) is 0 Å². The fourth-order valence-electron chi connectivity index (χ4n) is 0.974. The van der Waals surface area contributed by atoms with Crippen LogP contribution in [0.5, 0.6) is 0 Å². The van der Waals surface area contributed by atoms with E-state index in [0.29, 0.717) is 0 Å². The molecular formula is C10H11N3O2. The summed E-state index contributed by atoms with van der Waals surface area (Å²) in [6, 6.07) is 8.53. The van der Waals surface area contributed by atoms with E-state index in [0.717, 1.165) is 5.56 Å². The first-order valence-corrected chi connectivity index (χ1v) is 4.49. The van der Waals surface area contributed by atoms with Crippen LogP contribution in [0.3, 0.4) is 0 Å². The molecule has 1 aromatic carbocycles. The summed E-state index contributed by atoms with van der Waals surface area (Å²) < 4.78 is 4.94. The predicted octanol–water partition coefficient (Wildman–Crippen LogP) is 2.43. The first-order valence-electron chi connectivity index (χ1n) is 4.49. The van der Waals surface area contributed by atoms with Crippen LogP contribution in [0.2, 0.25) is 0 Å². The highest BCUT2D eigenvalue weighted by atomic mass is 16.5. The average Bonchev–Trinajstić information content (AvgIpc) is 2.27. The second kappa shape index (κ2) is 5.67. The molecule has 0 radical (unpaired) electrons. The minimum Gasteiger partial charge on any atom is -0.461 e. The molecule has 0 N–H and O–H groups in total. The van der Waals surface area contributed by atoms with Gasteiger partial charge in [0, 0.05) is 4.91 Å². The third-order valence-electron chi connectivity index (χ3n) is 1.79. The molecule has 0 aliphatic rings. The van der Waals surface area contributed by atoms with Gasteiger partial charge in [-0.05, 0) is 18.0 Å². The monoisotopic (exact) mass is 205 g/mol. The molecule has 0 amide bonds. The van der Waals surface area contributed by atoms with Crippen LogP contribution in [0.4, 0.5) is 0 Å². The summed E-state index contributed by atoms with van der Waals surface area (Å²) in [7, 11) is 0. The first kappa shape index (κ1) is 11.1. The summed E-state index contributed by atoms with van der Waals surface area (Å²) in [5, 5.41) is 3.24. The van der Waals surface area contributed by atoms with Crippen molar-refractivity contribution in [3.63, 3.8) is 0 Å². The van der Waals surface area contributed by atoms with Gasteiger partial charge in [0.25, 0.3) is 0 Å². The van der Waals surface area contributed by atoms with Gasteiger partial charge in [-0.3, -0.25) is 4.79 Å². The number of azide groups is 1. The molecule has 0 aliphatic carbocycles. The van der Waals surface area contributed by atoms with E-state index in [1.807, 2.05) is 30.3 Å². The van der Waals surface area contributed by atoms with E-state index in [-0.39, 0.29) is 6.61 Å². The zero-order valence-electron chi connectivity index (χ0n) is 8.33. The summed E-state index contributed by atoms with van der Waals surface area (Å²) >= 11 is 0. The van der Waals surface area contributed by atoms with Crippen molar-refractivity contribution in [1.29, 1.82) is 0 Å². The molecule has 0 aliphatic heterocycles. The minimum atomic E-state index is -0.779. The smallest absolute Gasteiger partial charge is 0.314 e. The predicted molar refractivity (Wildman–Crippen MR) is 54.8 cm³/mol. The summed E-state index contributed by atoms with van der Waals surface area (Å²) in [5.41, 5.74) is 9.02. The maximum Gasteiger partial charge on any atom is 0.314 e. The lowest BCUT2D eigenvalue weighted by Gasteiger charge is -2.06. The van der Waals surface area contributed by atoms with Crippen LogP contribution in [0.1, 0.15) is 12.5 Å². The van der Waals surface area contributed by atoms with Gasteiger partial charge in [-0.1, -0.05) is 35.4 Å². The standard InChI is InChI=1S/C10H11N3O2/c1-8(12-13-11)10(14)15-7-9-5-3-2-4-6-9/h2-6,8H,7H2,1H3/t8-/m0/s1. The van der Waals surface area contributed by atoms with Gasteiger partial charge in [0.2, 0.25) is 0 Å². The molecule has 0 fully saturated rings. The van der Waals surface area contributed by atoms with Gasteiger partial charge in [-0.2, -0.15) is 0 Å². The maximum absolute atomic E-state index is 11.2. The van der Waals surface area contributed by atoms with E-state index in [2.05, 4.69) is 10.0 Å². The van der Waals surface area contributed by atoms with Gasteiger partial charge in [-0.25, -0.2) is 0 Å². The summed E-state index contributed by atoms with van der Waals surface area (Å²) in [6.45, 7) is 1.69. The van der Waals surface area contributed by atoms with Crippen LogP contribution in [-0.2, 0) is 16.1 Å². The number of ether oxygens (including phenoxy) is 1. The van der Waals surface area contributed by atoms with E-state index in [1.165, 1.54) is 6.92 Å². The Morgan fingerprint density at radius 3 is 2.80 bits per heavy atom. The van der Waals surface area contributed by atoms with Crippen molar-refractivity contribution in [2.24, 2.45) is 5.11 Å². The SMILES string of the molecule is C[C@H](N=[N+]=[N-])C(=O)OCc1ccccc1. The molecule has 15 heavy (non-hydrogen) atoms. The molecule has 5 heteroatoms. The molecule has 0 heterocycles. The number of carbonyl (C=O) groups is 1. The zero-order valence-corrected chi connectivity index (χ0v) is 8.33. The number of benzene rings is 1. The molecule has 0 aromatic heterocycles. The molecule has 0 spiro atoms. The highest BCUT2D eigenvalue weighted by Gasteiger charge is 2.11. The number of carbonyl (C=O) groups excluding carboxylic acids is 1. The Morgan fingerprint density at radius 1 is 1.53 bits per heavy atom. The normalized spacial score (nSPS) is 11.3. The van der Waals surface area contributed by atoms with Crippen LogP contribution < -0.4 is 0 Å². The lowest BCUT2D eigenvalue weighted by Crippen LogP contribution is -2.17. The van der Waals surface area contributed by atoms with Crippen molar-refractivity contribution in [1.82, 2.24) is 0 Å².